The van der Waals surface area contributed by atoms with Crippen molar-refractivity contribution in [3.8, 4) is 5.75 Å². The van der Waals surface area contributed by atoms with Crippen LogP contribution in [-0.4, -0.2) is 7.11 Å². The van der Waals surface area contributed by atoms with Gasteiger partial charge in [-0.3, -0.25) is 0 Å². The van der Waals surface area contributed by atoms with Crippen molar-refractivity contribution in [3.63, 3.8) is 0 Å². The first-order valence-electron chi connectivity index (χ1n) is 7.19. The van der Waals surface area contributed by atoms with Gasteiger partial charge in [0.05, 0.1) is 7.11 Å². The Hall–Kier alpha value is -1.87. The van der Waals surface area contributed by atoms with Crippen molar-refractivity contribution in [2.45, 2.75) is 32.2 Å². The van der Waals surface area contributed by atoms with Crippen molar-refractivity contribution >= 4 is 0 Å². The van der Waals surface area contributed by atoms with Gasteiger partial charge in [0, 0.05) is 6.04 Å². The average Bonchev–Trinajstić information content (AvgIpc) is 2.47. The number of methoxy groups -OCH3 is 1. The fourth-order valence-corrected chi connectivity index (χ4v) is 2.34. The SMILES string of the molecule is COc1ccc(CC(N)c2ccc(C(C)C)cc2)cc1F. The molecule has 2 aromatic carbocycles. The second-order valence-electron chi connectivity index (χ2n) is 5.60. The summed E-state index contributed by atoms with van der Waals surface area (Å²) in [5, 5.41) is 0. The van der Waals surface area contributed by atoms with Crippen molar-refractivity contribution in [2.24, 2.45) is 5.73 Å². The molecule has 2 N–H and O–H groups in total. The minimum absolute atomic E-state index is 0.140. The Morgan fingerprint density at radius 1 is 1.05 bits per heavy atom. The average molecular weight is 287 g/mol. The molecule has 0 aliphatic heterocycles. The lowest BCUT2D eigenvalue weighted by Crippen LogP contribution is -2.13. The van der Waals surface area contributed by atoms with Crippen molar-refractivity contribution in [1.29, 1.82) is 0 Å². The molecule has 112 valence electrons. The maximum absolute atomic E-state index is 13.7. The Bertz CT molecular complexity index is 593. The minimum atomic E-state index is -0.350. The van der Waals surface area contributed by atoms with Crippen LogP contribution in [0.5, 0.6) is 5.75 Å². The minimum Gasteiger partial charge on any atom is -0.494 e. The highest BCUT2D eigenvalue weighted by Gasteiger charge is 2.10. The van der Waals surface area contributed by atoms with Gasteiger partial charge in [-0.05, 0) is 41.2 Å². The fraction of sp³-hybridized carbons (Fsp3) is 0.333. The molecule has 0 aromatic heterocycles. The van der Waals surface area contributed by atoms with Crippen LogP contribution in [0.25, 0.3) is 0 Å². The van der Waals surface area contributed by atoms with Gasteiger partial charge < -0.3 is 10.5 Å². The van der Waals surface area contributed by atoms with E-state index in [0.29, 0.717) is 12.3 Å². The summed E-state index contributed by atoms with van der Waals surface area (Å²) in [4.78, 5) is 0. The van der Waals surface area contributed by atoms with Crippen LogP contribution in [0.4, 0.5) is 4.39 Å². The van der Waals surface area contributed by atoms with Crippen LogP contribution in [0.1, 0.15) is 42.5 Å². The third-order valence-electron chi connectivity index (χ3n) is 3.70. The summed E-state index contributed by atoms with van der Waals surface area (Å²) < 4.78 is 18.6. The zero-order valence-corrected chi connectivity index (χ0v) is 12.8. The summed E-state index contributed by atoms with van der Waals surface area (Å²) in [7, 11) is 1.46. The summed E-state index contributed by atoms with van der Waals surface area (Å²) in [6.45, 7) is 4.32. The van der Waals surface area contributed by atoms with E-state index in [-0.39, 0.29) is 17.6 Å². The first-order chi connectivity index (χ1) is 10.0. The molecule has 1 atom stereocenters. The molecule has 0 saturated heterocycles. The molecular weight excluding hydrogens is 265 g/mol. The molecule has 0 amide bonds. The summed E-state index contributed by atoms with van der Waals surface area (Å²) >= 11 is 0. The van der Waals surface area contributed by atoms with Gasteiger partial charge in [0.25, 0.3) is 0 Å². The Balaban J connectivity index is 2.10. The monoisotopic (exact) mass is 287 g/mol. The molecule has 21 heavy (non-hydrogen) atoms. The third-order valence-corrected chi connectivity index (χ3v) is 3.70. The zero-order valence-electron chi connectivity index (χ0n) is 12.8. The van der Waals surface area contributed by atoms with Crippen LogP contribution in [0.2, 0.25) is 0 Å². The van der Waals surface area contributed by atoms with E-state index in [0.717, 1.165) is 11.1 Å². The van der Waals surface area contributed by atoms with E-state index in [9.17, 15) is 4.39 Å². The third kappa shape index (κ3) is 3.82. The summed E-state index contributed by atoms with van der Waals surface area (Å²) in [6, 6.07) is 13.2. The lowest BCUT2D eigenvalue weighted by atomic mass is 9.96. The van der Waals surface area contributed by atoms with E-state index in [1.807, 2.05) is 6.07 Å². The second kappa shape index (κ2) is 6.72. The van der Waals surface area contributed by atoms with E-state index in [1.165, 1.54) is 18.7 Å². The van der Waals surface area contributed by atoms with Crippen molar-refractivity contribution in [1.82, 2.24) is 0 Å². The number of halogens is 1. The van der Waals surface area contributed by atoms with Crippen LogP contribution in [-0.2, 0) is 6.42 Å². The van der Waals surface area contributed by atoms with Crippen LogP contribution in [0.3, 0.4) is 0 Å². The first kappa shape index (κ1) is 15.5. The smallest absolute Gasteiger partial charge is 0.165 e. The van der Waals surface area contributed by atoms with Gasteiger partial charge in [0.2, 0.25) is 0 Å². The molecule has 0 radical (unpaired) electrons. The summed E-state index contributed by atoms with van der Waals surface area (Å²) in [5.74, 6) is 0.414. The molecule has 0 aliphatic rings. The lowest BCUT2D eigenvalue weighted by molar-refractivity contribution is 0.386. The molecule has 2 aromatic rings. The van der Waals surface area contributed by atoms with E-state index < -0.39 is 0 Å². The predicted octanol–water partition coefficient (Wildman–Crippen LogP) is 4.20. The van der Waals surface area contributed by atoms with Crippen molar-refractivity contribution in [3.05, 3.63) is 65.0 Å². The number of rotatable bonds is 5. The lowest BCUT2D eigenvalue weighted by Gasteiger charge is -2.14. The van der Waals surface area contributed by atoms with Crippen LogP contribution in [0, 0.1) is 5.82 Å². The van der Waals surface area contributed by atoms with Crippen molar-refractivity contribution < 1.29 is 9.13 Å². The van der Waals surface area contributed by atoms with E-state index >= 15 is 0 Å². The standard InChI is InChI=1S/C18H22FNO/c1-12(2)14-5-7-15(8-6-14)17(20)11-13-4-9-18(21-3)16(19)10-13/h4-10,12,17H,11,20H2,1-3H3. The maximum atomic E-state index is 13.7. The molecule has 3 heteroatoms. The van der Waals surface area contributed by atoms with E-state index in [2.05, 4.69) is 38.1 Å². The molecule has 0 fully saturated rings. The molecule has 0 bridgehead atoms. The highest BCUT2D eigenvalue weighted by atomic mass is 19.1. The molecule has 2 nitrogen and oxygen atoms in total. The molecule has 0 spiro atoms. The molecule has 1 unspecified atom stereocenters. The highest BCUT2D eigenvalue weighted by Crippen LogP contribution is 2.23. The number of nitrogens with two attached hydrogens (primary N) is 1. The number of ether oxygens (including phenoxy) is 1. The summed E-state index contributed by atoms with van der Waals surface area (Å²) in [6.07, 6.45) is 0.599. The first-order valence-corrected chi connectivity index (χ1v) is 7.19. The Morgan fingerprint density at radius 2 is 1.67 bits per heavy atom. The molecule has 0 aliphatic carbocycles. The normalized spacial score (nSPS) is 12.5. The van der Waals surface area contributed by atoms with Gasteiger partial charge in [0.15, 0.2) is 11.6 Å². The van der Waals surface area contributed by atoms with Gasteiger partial charge >= 0.3 is 0 Å². The molecular formula is C18H22FNO. The van der Waals surface area contributed by atoms with Crippen LogP contribution < -0.4 is 10.5 Å². The Labute approximate surface area is 125 Å². The fourth-order valence-electron chi connectivity index (χ4n) is 2.34. The zero-order chi connectivity index (χ0) is 15.4. The largest absolute Gasteiger partial charge is 0.494 e. The second-order valence-corrected chi connectivity index (χ2v) is 5.60. The number of hydrogen-bond donors (Lipinski definition) is 1. The highest BCUT2D eigenvalue weighted by molar-refractivity contribution is 5.32. The van der Waals surface area contributed by atoms with Gasteiger partial charge in [-0.2, -0.15) is 0 Å². The molecule has 0 saturated carbocycles. The maximum Gasteiger partial charge on any atom is 0.165 e. The Kier molecular flexibility index (Phi) is 4.97. The molecule has 2 rings (SSSR count). The Morgan fingerprint density at radius 3 is 2.19 bits per heavy atom. The quantitative estimate of drug-likeness (QED) is 0.894. The molecule has 0 heterocycles. The van der Waals surface area contributed by atoms with Gasteiger partial charge in [-0.1, -0.05) is 44.2 Å². The van der Waals surface area contributed by atoms with Gasteiger partial charge in [-0.25, -0.2) is 4.39 Å². The van der Waals surface area contributed by atoms with Crippen molar-refractivity contribution in [2.75, 3.05) is 7.11 Å². The summed E-state index contributed by atoms with van der Waals surface area (Å²) in [5.41, 5.74) is 9.45. The van der Waals surface area contributed by atoms with Crippen LogP contribution >= 0.6 is 0 Å². The number of hydrogen-bond acceptors (Lipinski definition) is 2. The van der Waals surface area contributed by atoms with E-state index in [4.69, 9.17) is 10.5 Å². The van der Waals surface area contributed by atoms with E-state index in [1.54, 1.807) is 6.07 Å². The van der Waals surface area contributed by atoms with Gasteiger partial charge in [0.1, 0.15) is 0 Å². The topological polar surface area (TPSA) is 35.2 Å². The predicted molar refractivity (Wildman–Crippen MR) is 84.1 cm³/mol. The van der Waals surface area contributed by atoms with Crippen LogP contribution in [0.15, 0.2) is 42.5 Å². The number of benzene rings is 2. The van der Waals surface area contributed by atoms with Gasteiger partial charge in [-0.15, -0.1) is 0 Å².